The van der Waals surface area contributed by atoms with E-state index in [9.17, 15) is 4.79 Å². The van der Waals surface area contributed by atoms with Crippen molar-refractivity contribution in [1.82, 2.24) is 15.2 Å². The minimum absolute atomic E-state index is 0.0681. The van der Waals surface area contributed by atoms with Crippen molar-refractivity contribution in [3.63, 3.8) is 0 Å². The van der Waals surface area contributed by atoms with Gasteiger partial charge in [-0.15, -0.1) is 10.2 Å². The van der Waals surface area contributed by atoms with Crippen molar-refractivity contribution in [2.24, 2.45) is 0 Å². The summed E-state index contributed by atoms with van der Waals surface area (Å²) in [4.78, 5) is 13.5. The van der Waals surface area contributed by atoms with Gasteiger partial charge in [-0.05, 0) is 12.1 Å². The Labute approximate surface area is 131 Å². The zero-order chi connectivity index (χ0) is 15.5. The van der Waals surface area contributed by atoms with Gasteiger partial charge in [0.1, 0.15) is 13.6 Å². The van der Waals surface area contributed by atoms with Crippen LogP contribution in [0, 0.1) is 0 Å². The number of aromatic amines is 1. The maximum absolute atomic E-state index is 10.5. The molecule has 3 rings (SSSR count). The number of nitrogens with zero attached hydrogens (tertiary/aromatic N) is 2. The van der Waals surface area contributed by atoms with E-state index in [0.717, 1.165) is 23.1 Å². The van der Waals surface area contributed by atoms with Crippen LogP contribution in [-0.2, 0) is 4.79 Å². The summed E-state index contributed by atoms with van der Waals surface area (Å²) >= 11 is 1.08. The molecule has 0 fully saturated rings. The molecule has 6 nitrogen and oxygen atoms in total. The lowest BCUT2D eigenvalue weighted by molar-refractivity contribution is -0.133. The summed E-state index contributed by atoms with van der Waals surface area (Å²) in [6, 6.07) is 11.7. The molecule has 0 atom stereocenters. The number of carboxylic acids is 1. The number of aliphatic carboxylic acids is 1. The summed E-state index contributed by atoms with van der Waals surface area (Å²) in [7, 11) is 2.03. The van der Waals surface area contributed by atoms with Crippen molar-refractivity contribution >= 4 is 31.0 Å². The van der Waals surface area contributed by atoms with Gasteiger partial charge in [0.15, 0.2) is 16.7 Å². The maximum Gasteiger partial charge on any atom is 0.313 e. The van der Waals surface area contributed by atoms with Gasteiger partial charge in [0.25, 0.3) is 0 Å². The van der Waals surface area contributed by atoms with E-state index < -0.39 is 5.97 Å². The van der Waals surface area contributed by atoms with Crippen LogP contribution in [0.4, 0.5) is 0 Å². The third kappa shape index (κ3) is 3.22. The average molecular weight is 313 g/mol. The molecule has 3 aromatic rings. The fraction of sp³-hybridized carbons (Fsp3) is 0.0714. The second-order valence-corrected chi connectivity index (χ2v) is 5.66. The molecule has 110 valence electrons. The topological polar surface area (TPSA) is 92.0 Å². The number of nitrogens with one attached hydrogen (secondary N) is 1. The molecule has 1 aromatic carbocycles. The standard InChI is InChI=1S/C14H12BN3O3S/c15-9-3-1-8(2-4-9)10-5-6-11(21-10)13-16-14(18-17-13)22-7-12(19)20/h1-6H,7,15H2,(H,19,20)(H,16,17,18). The van der Waals surface area contributed by atoms with E-state index in [1.54, 1.807) is 6.07 Å². The van der Waals surface area contributed by atoms with Crippen molar-refractivity contribution in [3.8, 4) is 22.9 Å². The molecule has 0 radical (unpaired) electrons. The van der Waals surface area contributed by atoms with Gasteiger partial charge in [-0.25, -0.2) is 0 Å². The van der Waals surface area contributed by atoms with Crippen LogP contribution in [0.15, 0.2) is 46.0 Å². The smallest absolute Gasteiger partial charge is 0.313 e. The molecule has 0 amide bonds. The Bertz CT molecular complexity index is 798. The molecule has 0 spiro atoms. The van der Waals surface area contributed by atoms with Crippen LogP contribution in [0.3, 0.4) is 0 Å². The van der Waals surface area contributed by atoms with Crippen molar-refractivity contribution in [2.75, 3.05) is 5.75 Å². The second kappa shape index (κ2) is 6.11. The van der Waals surface area contributed by atoms with Crippen LogP contribution in [0.2, 0.25) is 0 Å². The summed E-state index contributed by atoms with van der Waals surface area (Å²) in [5, 5.41) is 17.0. The van der Waals surface area contributed by atoms with Gasteiger partial charge in [0.2, 0.25) is 0 Å². The predicted molar refractivity (Wildman–Crippen MR) is 86.1 cm³/mol. The Hall–Kier alpha value is -2.48. The van der Waals surface area contributed by atoms with Gasteiger partial charge in [0, 0.05) is 5.56 Å². The largest absolute Gasteiger partial charge is 0.481 e. The number of rotatable bonds is 5. The van der Waals surface area contributed by atoms with Crippen molar-refractivity contribution < 1.29 is 14.3 Å². The highest BCUT2D eigenvalue weighted by Crippen LogP contribution is 2.27. The normalized spacial score (nSPS) is 10.7. The molecular formula is C14H12BN3O3S. The van der Waals surface area contributed by atoms with E-state index in [1.165, 1.54) is 5.46 Å². The highest BCUT2D eigenvalue weighted by Gasteiger charge is 2.12. The van der Waals surface area contributed by atoms with E-state index in [1.807, 2.05) is 38.2 Å². The first kappa shape index (κ1) is 14.5. The fourth-order valence-electron chi connectivity index (χ4n) is 1.89. The lowest BCUT2D eigenvalue weighted by Crippen LogP contribution is -1.98. The first-order valence-electron chi connectivity index (χ1n) is 6.56. The number of carbonyl (C=O) groups is 1. The summed E-state index contributed by atoms with van der Waals surface area (Å²) < 4.78 is 5.78. The van der Waals surface area contributed by atoms with Crippen LogP contribution in [0.1, 0.15) is 0 Å². The Balaban J connectivity index is 1.79. The van der Waals surface area contributed by atoms with E-state index in [4.69, 9.17) is 9.52 Å². The lowest BCUT2D eigenvalue weighted by Gasteiger charge is -1.97. The number of H-pyrrole nitrogens is 1. The van der Waals surface area contributed by atoms with Crippen LogP contribution < -0.4 is 5.46 Å². The van der Waals surface area contributed by atoms with E-state index in [0.29, 0.717) is 16.7 Å². The maximum atomic E-state index is 10.5. The molecule has 0 unspecified atom stereocenters. The zero-order valence-electron chi connectivity index (χ0n) is 11.7. The number of hydrogen-bond acceptors (Lipinski definition) is 5. The third-order valence-corrected chi connectivity index (χ3v) is 3.82. The predicted octanol–water partition coefficient (Wildman–Crippen LogP) is 1.17. The van der Waals surface area contributed by atoms with Gasteiger partial charge in [0.05, 0.1) is 5.75 Å². The number of thioether (sulfide) groups is 1. The van der Waals surface area contributed by atoms with Gasteiger partial charge in [-0.2, -0.15) is 0 Å². The number of benzene rings is 1. The van der Waals surface area contributed by atoms with Gasteiger partial charge in [-0.1, -0.05) is 41.5 Å². The van der Waals surface area contributed by atoms with Crippen molar-refractivity contribution in [2.45, 2.75) is 5.16 Å². The van der Waals surface area contributed by atoms with Gasteiger partial charge in [-0.3, -0.25) is 4.79 Å². The monoisotopic (exact) mass is 313 g/mol. The van der Waals surface area contributed by atoms with Crippen LogP contribution in [0.25, 0.3) is 22.9 Å². The molecule has 2 aromatic heterocycles. The van der Waals surface area contributed by atoms with Crippen LogP contribution in [0.5, 0.6) is 0 Å². The van der Waals surface area contributed by atoms with E-state index in [2.05, 4.69) is 15.2 Å². The molecule has 0 saturated heterocycles. The number of aromatic nitrogens is 3. The number of furan rings is 1. The minimum Gasteiger partial charge on any atom is -0.481 e. The number of carboxylic acid groups (broad SMARTS) is 1. The van der Waals surface area contributed by atoms with Crippen LogP contribution in [-0.4, -0.2) is 39.9 Å². The molecule has 8 heteroatoms. The Morgan fingerprint density at radius 1 is 1.18 bits per heavy atom. The summed E-state index contributed by atoms with van der Waals surface area (Å²) in [5.41, 5.74) is 2.17. The Morgan fingerprint density at radius 2 is 1.91 bits per heavy atom. The van der Waals surface area contributed by atoms with E-state index >= 15 is 0 Å². The van der Waals surface area contributed by atoms with E-state index in [-0.39, 0.29) is 5.75 Å². The molecule has 0 aliphatic carbocycles. The van der Waals surface area contributed by atoms with Crippen LogP contribution >= 0.6 is 11.8 Å². The first-order valence-corrected chi connectivity index (χ1v) is 7.55. The minimum atomic E-state index is -0.900. The summed E-state index contributed by atoms with van der Waals surface area (Å²) in [6.07, 6.45) is 0. The average Bonchev–Trinajstić information content (AvgIpc) is 3.15. The first-order chi connectivity index (χ1) is 10.6. The SMILES string of the molecule is Bc1ccc(-c2ccc(-c3nnc(SCC(=O)O)[nH]3)o2)cc1. The molecule has 0 bridgehead atoms. The molecule has 2 N–H and O–H groups in total. The van der Waals surface area contributed by atoms with Crippen molar-refractivity contribution in [3.05, 3.63) is 36.4 Å². The van der Waals surface area contributed by atoms with Crippen molar-refractivity contribution in [1.29, 1.82) is 0 Å². The quantitative estimate of drug-likeness (QED) is 0.542. The number of hydrogen-bond donors (Lipinski definition) is 2. The summed E-state index contributed by atoms with van der Waals surface area (Å²) in [5.74, 6) is 0.812. The zero-order valence-corrected chi connectivity index (χ0v) is 12.6. The van der Waals surface area contributed by atoms with Gasteiger partial charge < -0.3 is 14.5 Å². The molecule has 0 aliphatic rings. The lowest BCUT2D eigenvalue weighted by atomic mass is 9.95. The fourth-order valence-corrected chi connectivity index (χ4v) is 2.42. The molecule has 22 heavy (non-hydrogen) atoms. The third-order valence-electron chi connectivity index (χ3n) is 2.97. The molecule has 2 heterocycles. The molecular weight excluding hydrogens is 301 g/mol. The highest BCUT2D eigenvalue weighted by molar-refractivity contribution is 7.99. The second-order valence-electron chi connectivity index (χ2n) is 4.69. The molecule has 0 aliphatic heterocycles. The molecule has 0 saturated carbocycles. The van der Waals surface area contributed by atoms with Gasteiger partial charge >= 0.3 is 5.97 Å². The highest BCUT2D eigenvalue weighted by atomic mass is 32.2. The Kier molecular flexibility index (Phi) is 4.01. The Morgan fingerprint density at radius 3 is 2.64 bits per heavy atom. The summed E-state index contributed by atoms with van der Waals surface area (Å²) in [6.45, 7) is 0.